The first-order chi connectivity index (χ1) is 12.2. The van der Waals surface area contributed by atoms with E-state index in [2.05, 4.69) is 20.7 Å². The fourth-order valence-corrected chi connectivity index (χ4v) is 2.23. The molecule has 0 aliphatic heterocycles. The monoisotopic (exact) mass is 341 g/mol. The second-order valence-corrected chi connectivity index (χ2v) is 5.10. The summed E-state index contributed by atoms with van der Waals surface area (Å²) in [6.45, 7) is 2.20. The number of hydrogen-bond donors (Lipinski definition) is 1. The zero-order valence-electron chi connectivity index (χ0n) is 13.5. The predicted molar refractivity (Wildman–Crippen MR) is 89.5 cm³/mol. The van der Waals surface area contributed by atoms with Gasteiger partial charge >= 0.3 is 0 Å². The number of carbonyl (C=O) groups is 1. The van der Waals surface area contributed by atoms with Crippen molar-refractivity contribution in [1.82, 2.24) is 20.2 Å². The summed E-state index contributed by atoms with van der Waals surface area (Å²) >= 11 is 0. The van der Waals surface area contributed by atoms with Crippen molar-refractivity contribution in [3.05, 3.63) is 54.3 Å². The highest BCUT2D eigenvalue weighted by Gasteiger charge is 2.13. The van der Waals surface area contributed by atoms with Crippen LogP contribution < -0.4 is 10.1 Å². The number of aromatic nitrogens is 4. The summed E-state index contributed by atoms with van der Waals surface area (Å²) < 4.78 is 19.2. The first-order valence-corrected chi connectivity index (χ1v) is 7.71. The van der Waals surface area contributed by atoms with Gasteiger partial charge in [0.25, 0.3) is 0 Å². The van der Waals surface area contributed by atoms with E-state index in [4.69, 9.17) is 4.74 Å². The van der Waals surface area contributed by atoms with Crippen LogP contribution in [0.2, 0.25) is 0 Å². The minimum atomic E-state index is -0.447. The largest absolute Gasteiger partial charge is 0.492 e. The molecule has 0 unspecified atom stereocenters. The van der Waals surface area contributed by atoms with Crippen LogP contribution in [0.5, 0.6) is 5.75 Å². The molecule has 1 N–H and O–H groups in total. The Kier molecular flexibility index (Phi) is 4.98. The maximum Gasteiger partial charge on any atom is 0.248 e. The lowest BCUT2D eigenvalue weighted by atomic mass is 10.2. The second-order valence-electron chi connectivity index (χ2n) is 5.10. The molecule has 0 atom stereocenters. The number of rotatable bonds is 6. The Bertz CT molecular complexity index is 881. The standard InChI is InChI=1S/C17H16FN5O2/c1-2-25-15-10-6-5-9-14(15)19-16(24)11-23-21-17(20-22-23)12-7-3-4-8-13(12)18/h3-10H,2,11H2,1H3,(H,19,24). The van der Waals surface area contributed by atoms with Gasteiger partial charge in [-0.3, -0.25) is 4.79 Å². The van der Waals surface area contributed by atoms with Crippen LogP contribution in [0.25, 0.3) is 11.4 Å². The molecule has 8 heteroatoms. The van der Waals surface area contributed by atoms with Gasteiger partial charge in [0.15, 0.2) is 0 Å². The van der Waals surface area contributed by atoms with Gasteiger partial charge in [0.2, 0.25) is 11.7 Å². The van der Waals surface area contributed by atoms with Crippen molar-refractivity contribution in [1.29, 1.82) is 0 Å². The molecule has 1 aromatic heterocycles. The zero-order chi connectivity index (χ0) is 17.6. The average Bonchev–Trinajstić information content (AvgIpc) is 3.05. The number of ether oxygens (including phenoxy) is 1. The molecule has 0 spiro atoms. The van der Waals surface area contributed by atoms with E-state index in [1.807, 2.05) is 13.0 Å². The van der Waals surface area contributed by atoms with Gasteiger partial charge in [0, 0.05) is 0 Å². The Morgan fingerprint density at radius 2 is 1.96 bits per heavy atom. The van der Waals surface area contributed by atoms with Crippen molar-refractivity contribution < 1.29 is 13.9 Å². The van der Waals surface area contributed by atoms with Crippen LogP contribution in [0.4, 0.5) is 10.1 Å². The number of para-hydroxylation sites is 2. The molecule has 3 rings (SSSR count). The van der Waals surface area contributed by atoms with E-state index in [0.29, 0.717) is 18.0 Å². The first-order valence-electron chi connectivity index (χ1n) is 7.71. The van der Waals surface area contributed by atoms with E-state index in [1.165, 1.54) is 6.07 Å². The van der Waals surface area contributed by atoms with E-state index < -0.39 is 5.82 Å². The summed E-state index contributed by atoms with van der Waals surface area (Å²) in [5, 5.41) is 14.4. The van der Waals surface area contributed by atoms with Crippen LogP contribution in [0.3, 0.4) is 0 Å². The third kappa shape index (κ3) is 3.97. The molecular weight excluding hydrogens is 325 g/mol. The van der Waals surface area contributed by atoms with Gasteiger partial charge in [0.1, 0.15) is 18.1 Å². The predicted octanol–water partition coefficient (Wildman–Crippen LogP) is 2.52. The molecule has 0 radical (unpaired) electrons. The molecule has 0 bridgehead atoms. The summed E-state index contributed by atoms with van der Waals surface area (Å²) in [6.07, 6.45) is 0. The van der Waals surface area contributed by atoms with Crippen molar-refractivity contribution in [2.24, 2.45) is 0 Å². The Morgan fingerprint density at radius 1 is 1.20 bits per heavy atom. The molecule has 0 aliphatic rings. The third-order valence-electron chi connectivity index (χ3n) is 3.31. The molecule has 25 heavy (non-hydrogen) atoms. The number of tetrazole rings is 1. The number of benzene rings is 2. The molecule has 0 aliphatic carbocycles. The van der Waals surface area contributed by atoms with Crippen molar-refractivity contribution >= 4 is 11.6 Å². The van der Waals surface area contributed by atoms with Crippen molar-refractivity contribution in [2.45, 2.75) is 13.5 Å². The zero-order valence-corrected chi connectivity index (χ0v) is 13.5. The highest BCUT2D eigenvalue weighted by Crippen LogP contribution is 2.23. The maximum absolute atomic E-state index is 13.7. The molecule has 1 amide bonds. The van der Waals surface area contributed by atoms with Crippen molar-refractivity contribution in [2.75, 3.05) is 11.9 Å². The van der Waals surface area contributed by atoms with Crippen molar-refractivity contribution in [3.8, 4) is 17.1 Å². The lowest BCUT2D eigenvalue weighted by molar-refractivity contribution is -0.117. The van der Waals surface area contributed by atoms with Crippen LogP contribution in [0.15, 0.2) is 48.5 Å². The van der Waals surface area contributed by atoms with E-state index >= 15 is 0 Å². The number of nitrogens with zero attached hydrogens (tertiary/aromatic N) is 4. The Morgan fingerprint density at radius 3 is 2.76 bits per heavy atom. The molecular formula is C17H16FN5O2. The van der Waals surface area contributed by atoms with Gasteiger partial charge in [0.05, 0.1) is 17.9 Å². The quantitative estimate of drug-likeness (QED) is 0.745. The van der Waals surface area contributed by atoms with E-state index in [-0.39, 0.29) is 23.8 Å². The molecule has 3 aromatic rings. The summed E-state index contributed by atoms with van der Waals surface area (Å²) in [7, 11) is 0. The lowest BCUT2D eigenvalue weighted by Crippen LogP contribution is -2.20. The Hall–Kier alpha value is -3.29. The molecule has 0 saturated heterocycles. The van der Waals surface area contributed by atoms with Gasteiger partial charge in [-0.15, -0.1) is 10.2 Å². The summed E-state index contributed by atoms with van der Waals surface area (Å²) in [5.41, 5.74) is 0.791. The van der Waals surface area contributed by atoms with Crippen LogP contribution >= 0.6 is 0 Å². The third-order valence-corrected chi connectivity index (χ3v) is 3.31. The Balaban J connectivity index is 1.69. The van der Waals surface area contributed by atoms with Crippen LogP contribution in [-0.4, -0.2) is 32.7 Å². The van der Waals surface area contributed by atoms with Gasteiger partial charge in [-0.25, -0.2) is 4.39 Å². The number of hydrogen-bond acceptors (Lipinski definition) is 5. The highest BCUT2D eigenvalue weighted by molar-refractivity contribution is 5.92. The first kappa shape index (κ1) is 16.6. The lowest BCUT2D eigenvalue weighted by Gasteiger charge is -2.10. The average molecular weight is 341 g/mol. The summed E-state index contributed by atoms with van der Waals surface area (Å²) in [4.78, 5) is 13.3. The van der Waals surface area contributed by atoms with Gasteiger partial charge in [-0.2, -0.15) is 4.80 Å². The molecule has 2 aromatic carbocycles. The van der Waals surface area contributed by atoms with Gasteiger partial charge in [-0.05, 0) is 36.4 Å². The second kappa shape index (κ2) is 7.52. The van der Waals surface area contributed by atoms with E-state index in [1.54, 1.807) is 36.4 Å². The topological polar surface area (TPSA) is 81.9 Å². The number of nitrogens with one attached hydrogen (secondary N) is 1. The molecule has 0 saturated carbocycles. The molecule has 1 heterocycles. The summed E-state index contributed by atoms with van der Waals surface area (Å²) in [5.74, 6) is -0.0839. The van der Waals surface area contributed by atoms with Crippen LogP contribution in [0, 0.1) is 5.82 Å². The fourth-order valence-electron chi connectivity index (χ4n) is 2.23. The number of halogens is 1. The minimum Gasteiger partial charge on any atom is -0.492 e. The van der Waals surface area contributed by atoms with Crippen LogP contribution in [-0.2, 0) is 11.3 Å². The van der Waals surface area contributed by atoms with Crippen molar-refractivity contribution in [3.63, 3.8) is 0 Å². The molecule has 7 nitrogen and oxygen atoms in total. The van der Waals surface area contributed by atoms with Gasteiger partial charge in [-0.1, -0.05) is 24.3 Å². The Labute approximate surface area is 143 Å². The fraction of sp³-hybridized carbons (Fsp3) is 0.176. The van der Waals surface area contributed by atoms with E-state index in [9.17, 15) is 9.18 Å². The SMILES string of the molecule is CCOc1ccccc1NC(=O)Cn1nnc(-c2ccccc2F)n1. The number of amides is 1. The van der Waals surface area contributed by atoms with Crippen LogP contribution in [0.1, 0.15) is 6.92 Å². The minimum absolute atomic E-state index is 0.126. The van der Waals surface area contributed by atoms with E-state index in [0.717, 1.165) is 4.80 Å². The summed E-state index contributed by atoms with van der Waals surface area (Å²) in [6, 6.07) is 13.2. The normalized spacial score (nSPS) is 10.5. The smallest absolute Gasteiger partial charge is 0.248 e. The van der Waals surface area contributed by atoms with Gasteiger partial charge < -0.3 is 10.1 Å². The highest BCUT2D eigenvalue weighted by atomic mass is 19.1. The molecule has 0 fully saturated rings. The maximum atomic E-state index is 13.7. The molecule has 128 valence electrons. The number of anilines is 1. The number of carbonyl (C=O) groups excluding carboxylic acids is 1.